The lowest BCUT2D eigenvalue weighted by Crippen LogP contribution is -2.35. The zero-order chi connectivity index (χ0) is 8.15. The number of aliphatic carboxylic acids is 1. The van der Waals surface area contributed by atoms with Gasteiger partial charge >= 0.3 is 5.97 Å². The van der Waals surface area contributed by atoms with Crippen molar-refractivity contribution in [2.24, 2.45) is 5.73 Å². The van der Waals surface area contributed by atoms with Crippen LogP contribution in [0.4, 0.5) is 0 Å². The Kier molecular flexibility index (Phi) is 3.90. The van der Waals surface area contributed by atoms with Crippen LogP contribution in [0.3, 0.4) is 0 Å². The minimum Gasteiger partial charge on any atom is -0.480 e. The Labute approximate surface area is 61.2 Å². The van der Waals surface area contributed by atoms with Gasteiger partial charge in [-0.25, -0.2) is 0 Å². The Bertz CT molecular complexity index is 168. The van der Waals surface area contributed by atoms with Crippen molar-refractivity contribution in [3.8, 4) is 0 Å². The molecule has 0 amide bonds. The van der Waals surface area contributed by atoms with E-state index in [1.165, 1.54) is 5.41 Å². The highest BCUT2D eigenvalue weighted by molar-refractivity contribution is 7.88. The van der Waals surface area contributed by atoms with E-state index in [2.05, 4.69) is 6.58 Å². The standard InChI is InChI=1S/C5H9NO3S/c1-2-10(9)3-4(6)5(7)8/h2,4H,1,3,6H2,(H,7,8)/t4-,10+/m0/s1. The Balaban J connectivity index is 3.79. The van der Waals surface area contributed by atoms with Crippen molar-refractivity contribution >= 4 is 16.8 Å². The Morgan fingerprint density at radius 3 is 2.70 bits per heavy atom. The van der Waals surface area contributed by atoms with Crippen molar-refractivity contribution in [2.45, 2.75) is 6.04 Å². The molecule has 0 heterocycles. The summed E-state index contributed by atoms with van der Waals surface area (Å²) < 4.78 is 10.6. The van der Waals surface area contributed by atoms with Gasteiger partial charge in [-0.3, -0.25) is 9.00 Å². The molecule has 0 aliphatic carbocycles. The zero-order valence-electron chi connectivity index (χ0n) is 5.32. The van der Waals surface area contributed by atoms with Crippen molar-refractivity contribution in [1.29, 1.82) is 0 Å². The molecule has 0 spiro atoms. The van der Waals surface area contributed by atoms with Gasteiger partial charge in [0.05, 0.1) is 5.75 Å². The highest BCUT2D eigenvalue weighted by Gasteiger charge is 2.12. The molecule has 0 rings (SSSR count). The van der Waals surface area contributed by atoms with E-state index in [9.17, 15) is 9.00 Å². The minimum atomic E-state index is -1.32. The summed E-state index contributed by atoms with van der Waals surface area (Å²) in [6, 6.07) is -1.06. The number of carbonyl (C=O) groups is 1. The first-order valence-corrected chi connectivity index (χ1v) is 3.94. The largest absolute Gasteiger partial charge is 0.480 e. The lowest BCUT2D eigenvalue weighted by molar-refractivity contribution is -0.137. The topological polar surface area (TPSA) is 80.4 Å². The normalized spacial score (nSPS) is 15.7. The van der Waals surface area contributed by atoms with E-state index in [0.29, 0.717) is 0 Å². The Morgan fingerprint density at radius 1 is 1.90 bits per heavy atom. The molecule has 2 atom stereocenters. The highest BCUT2D eigenvalue weighted by Crippen LogP contribution is 1.86. The van der Waals surface area contributed by atoms with Gasteiger partial charge in [0.1, 0.15) is 6.04 Å². The van der Waals surface area contributed by atoms with E-state index in [1.54, 1.807) is 0 Å². The first kappa shape index (κ1) is 9.32. The molecule has 0 bridgehead atoms. The molecule has 0 radical (unpaired) electrons. The van der Waals surface area contributed by atoms with E-state index in [4.69, 9.17) is 10.8 Å². The predicted octanol–water partition coefficient (Wildman–Crippen LogP) is -0.710. The quantitative estimate of drug-likeness (QED) is 0.573. The van der Waals surface area contributed by atoms with Crippen LogP contribution < -0.4 is 5.73 Å². The monoisotopic (exact) mass is 163 g/mol. The second-order valence-corrected chi connectivity index (χ2v) is 3.09. The molecule has 58 valence electrons. The third-order valence-corrected chi connectivity index (χ3v) is 1.91. The summed E-state index contributed by atoms with van der Waals surface area (Å²) in [5.74, 6) is -1.21. The zero-order valence-corrected chi connectivity index (χ0v) is 6.13. The molecule has 0 unspecified atom stereocenters. The average Bonchev–Trinajstić information content (AvgIpc) is 1.87. The molecule has 0 saturated heterocycles. The van der Waals surface area contributed by atoms with E-state index < -0.39 is 22.8 Å². The molecule has 10 heavy (non-hydrogen) atoms. The van der Waals surface area contributed by atoms with Gasteiger partial charge in [-0.1, -0.05) is 6.58 Å². The lowest BCUT2D eigenvalue weighted by atomic mass is 10.4. The van der Waals surface area contributed by atoms with E-state index in [0.717, 1.165) is 0 Å². The van der Waals surface area contributed by atoms with E-state index in [-0.39, 0.29) is 5.75 Å². The molecule has 0 aliphatic rings. The molecule has 0 aromatic rings. The van der Waals surface area contributed by atoms with Crippen LogP contribution in [0.1, 0.15) is 0 Å². The van der Waals surface area contributed by atoms with Gasteiger partial charge in [0, 0.05) is 10.8 Å². The van der Waals surface area contributed by atoms with E-state index in [1.807, 2.05) is 0 Å². The fourth-order valence-corrected chi connectivity index (χ4v) is 0.949. The number of hydrogen-bond acceptors (Lipinski definition) is 3. The van der Waals surface area contributed by atoms with Gasteiger partial charge in [0.15, 0.2) is 0 Å². The third-order valence-electron chi connectivity index (χ3n) is 0.847. The molecule has 0 aliphatic heterocycles. The van der Waals surface area contributed by atoms with Crippen LogP contribution in [0.25, 0.3) is 0 Å². The van der Waals surface area contributed by atoms with Crippen LogP contribution in [0, 0.1) is 0 Å². The summed E-state index contributed by atoms with van der Waals surface area (Å²) in [6.07, 6.45) is 0. The van der Waals surface area contributed by atoms with Gasteiger partial charge in [0.2, 0.25) is 0 Å². The number of nitrogens with two attached hydrogens (primary N) is 1. The molecular formula is C5H9NO3S. The van der Waals surface area contributed by atoms with Crippen molar-refractivity contribution in [1.82, 2.24) is 0 Å². The molecule has 5 heteroatoms. The van der Waals surface area contributed by atoms with Crippen molar-refractivity contribution in [2.75, 3.05) is 5.75 Å². The van der Waals surface area contributed by atoms with Gasteiger partial charge in [-0.05, 0) is 5.41 Å². The molecule has 3 N–H and O–H groups in total. The molecule has 0 aromatic heterocycles. The van der Waals surface area contributed by atoms with E-state index >= 15 is 0 Å². The Morgan fingerprint density at radius 2 is 2.40 bits per heavy atom. The average molecular weight is 163 g/mol. The van der Waals surface area contributed by atoms with Gasteiger partial charge in [0.25, 0.3) is 0 Å². The molecule has 0 saturated carbocycles. The van der Waals surface area contributed by atoms with Crippen LogP contribution in [-0.4, -0.2) is 27.1 Å². The number of carboxylic acids is 1. The second kappa shape index (κ2) is 4.19. The van der Waals surface area contributed by atoms with Crippen LogP contribution >= 0.6 is 0 Å². The number of carboxylic acid groups (broad SMARTS) is 1. The molecule has 4 nitrogen and oxygen atoms in total. The van der Waals surface area contributed by atoms with Crippen molar-refractivity contribution in [3.05, 3.63) is 12.0 Å². The fourth-order valence-electron chi connectivity index (χ4n) is 0.316. The molecule has 0 fully saturated rings. The highest BCUT2D eigenvalue weighted by atomic mass is 32.2. The van der Waals surface area contributed by atoms with Crippen molar-refractivity contribution in [3.63, 3.8) is 0 Å². The van der Waals surface area contributed by atoms with Crippen LogP contribution in [0.2, 0.25) is 0 Å². The second-order valence-electron chi connectivity index (χ2n) is 1.66. The summed E-state index contributed by atoms with van der Waals surface area (Å²) in [5.41, 5.74) is 5.05. The van der Waals surface area contributed by atoms with Gasteiger partial charge in [-0.15, -0.1) is 0 Å². The summed E-state index contributed by atoms with van der Waals surface area (Å²) in [5, 5.41) is 9.40. The van der Waals surface area contributed by atoms with Crippen LogP contribution in [0.15, 0.2) is 12.0 Å². The summed E-state index contributed by atoms with van der Waals surface area (Å²) in [7, 11) is -1.32. The first-order valence-electron chi connectivity index (χ1n) is 2.56. The minimum absolute atomic E-state index is 0.0706. The maximum Gasteiger partial charge on any atom is 0.321 e. The van der Waals surface area contributed by atoms with Crippen molar-refractivity contribution < 1.29 is 14.1 Å². The first-order chi connectivity index (χ1) is 4.57. The smallest absolute Gasteiger partial charge is 0.321 e. The number of rotatable bonds is 4. The van der Waals surface area contributed by atoms with Gasteiger partial charge < -0.3 is 10.8 Å². The SMILES string of the molecule is C=C[S@@](=O)C[C@H](N)C(=O)O. The summed E-state index contributed by atoms with van der Waals surface area (Å²) >= 11 is 0. The number of hydrogen-bond donors (Lipinski definition) is 2. The fraction of sp³-hybridized carbons (Fsp3) is 0.400. The Hall–Kier alpha value is -0.680. The third kappa shape index (κ3) is 3.37. The molecule has 0 aromatic carbocycles. The van der Waals surface area contributed by atoms with Gasteiger partial charge in [-0.2, -0.15) is 0 Å². The van der Waals surface area contributed by atoms with Crippen LogP contribution in [0.5, 0.6) is 0 Å². The maximum atomic E-state index is 10.6. The lowest BCUT2D eigenvalue weighted by Gasteiger charge is -2.01. The maximum absolute atomic E-state index is 10.6. The van der Waals surface area contributed by atoms with Crippen LogP contribution in [-0.2, 0) is 15.6 Å². The summed E-state index contributed by atoms with van der Waals surface area (Å²) in [4.78, 5) is 10.1. The molecular weight excluding hydrogens is 154 g/mol. The summed E-state index contributed by atoms with van der Waals surface area (Å²) in [6.45, 7) is 3.22. The predicted molar refractivity (Wildman–Crippen MR) is 38.8 cm³/mol.